The van der Waals surface area contributed by atoms with E-state index in [1.165, 1.54) is 11.4 Å². The van der Waals surface area contributed by atoms with Crippen LogP contribution in [-0.2, 0) is 21.2 Å². The highest BCUT2D eigenvalue weighted by molar-refractivity contribution is 7.94. The summed E-state index contributed by atoms with van der Waals surface area (Å²) in [7, 11) is -2.12. The highest BCUT2D eigenvalue weighted by Gasteiger charge is 2.22. The van der Waals surface area contributed by atoms with Crippen molar-refractivity contribution in [2.24, 2.45) is 5.73 Å². The fourth-order valence-electron chi connectivity index (χ4n) is 2.86. The number of primary amides is 1. The summed E-state index contributed by atoms with van der Waals surface area (Å²) in [6.07, 6.45) is 0.548. The van der Waals surface area contributed by atoms with Gasteiger partial charge >= 0.3 is 0 Å². The maximum atomic E-state index is 12.6. The van der Waals surface area contributed by atoms with E-state index in [1.807, 2.05) is 6.07 Å². The Hall–Kier alpha value is -3.37. The summed E-state index contributed by atoms with van der Waals surface area (Å²) in [5, 5.41) is 4.46. The second-order valence-corrected chi connectivity index (χ2v) is 10.00. The number of nitrogens with two attached hydrogens (primary N) is 1. The Bertz CT molecular complexity index is 1180. The molecule has 0 aliphatic rings. The van der Waals surface area contributed by atoms with Crippen LogP contribution in [0.25, 0.3) is 0 Å². The number of nitrogens with one attached hydrogen (secondary N) is 1. The lowest BCUT2D eigenvalue weighted by atomic mass is 10.1. The van der Waals surface area contributed by atoms with Gasteiger partial charge < -0.3 is 15.8 Å². The zero-order valence-corrected chi connectivity index (χ0v) is 19.0. The third-order valence-corrected chi connectivity index (χ3v) is 7.79. The van der Waals surface area contributed by atoms with E-state index in [4.69, 9.17) is 10.5 Å². The Kier molecular flexibility index (Phi) is 7.49. The standard InChI is InChI=1S/C22H23N3O5S2/c1-25(32(28,29)21-6-3-13-31-21)18-7-9-19(10-8-18)30-15-20(26)24-12-11-16-4-2-5-17(14-16)22(23)27/h2-10,13-14H,11-12,15H2,1H3,(H2,23,27)(H,24,26). The molecule has 3 rings (SSSR count). The maximum Gasteiger partial charge on any atom is 0.273 e. The van der Waals surface area contributed by atoms with Crippen molar-refractivity contribution in [1.82, 2.24) is 5.32 Å². The van der Waals surface area contributed by atoms with Gasteiger partial charge in [0.2, 0.25) is 5.91 Å². The van der Waals surface area contributed by atoms with Crippen LogP contribution in [0.15, 0.2) is 70.3 Å². The molecule has 2 amide bonds. The SMILES string of the molecule is CN(c1ccc(OCC(=O)NCCc2cccc(C(N)=O)c2)cc1)S(=O)(=O)c1cccs1. The smallest absolute Gasteiger partial charge is 0.273 e. The van der Waals surface area contributed by atoms with Gasteiger partial charge in [0, 0.05) is 19.2 Å². The Labute approximate surface area is 190 Å². The number of hydrogen-bond donors (Lipinski definition) is 2. The monoisotopic (exact) mass is 473 g/mol. The van der Waals surface area contributed by atoms with Crippen molar-refractivity contribution in [1.29, 1.82) is 0 Å². The van der Waals surface area contributed by atoms with Crippen molar-refractivity contribution in [2.45, 2.75) is 10.6 Å². The van der Waals surface area contributed by atoms with E-state index in [1.54, 1.807) is 60.0 Å². The molecule has 0 saturated heterocycles. The third kappa shape index (κ3) is 5.86. The molecular formula is C22H23N3O5S2. The van der Waals surface area contributed by atoms with Crippen LogP contribution in [0, 0.1) is 0 Å². The molecule has 0 spiro atoms. The van der Waals surface area contributed by atoms with E-state index < -0.39 is 15.9 Å². The average molecular weight is 474 g/mol. The number of rotatable bonds is 10. The van der Waals surface area contributed by atoms with E-state index in [9.17, 15) is 18.0 Å². The van der Waals surface area contributed by atoms with Gasteiger partial charge in [-0.15, -0.1) is 11.3 Å². The zero-order chi connectivity index (χ0) is 23.1. The summed E-state index contributed by atoms with van der Waals surface area (Å²) in [5.74, 6) is -0.344. The van der Waals surface area contributed by atoms with Crippen LogP contribution in [-0.4, -0.2) is 40.4 Å². The van der Waals surface area contributed by atoms with Crippen molar-refractivity contribution in [3.05, 3.63) is 77.2 Å². The van der Waals surface area contributed by atoms with Crippen molar-refractivity contribution < 1.29 is 22.7 Å². The molecule has 0 atom stereocenters. The van der Waals surface area contributed by atoms with Gasteiger partial charge in [-0.05, 0) is 59.8 Å². The van der Waals surface area contributed by atoms with Crippen LogP contribution >= 0.6 is 11.3 Å². The van der Waals surface area contributed by atoms with Gasteiger partial charge in [-0.1, -0.05) is 18.2 Å². The topological polar surface area (TPSA) is 119 Å². The largest absolute Gasteiger partial charge is 0.484 e. The summed E-state index contributed by atoms with van der Waals surface area (Å²) < 4.78 is 32.1. The van der Waals surface area contributed by atoms with Crippen molar-refractivity contribution >= 4 is 38.9 Å². The molecule has 0 fully saturated rings. The third-order valence-electron chi connectivity index (χ3n) is 4.63. The molecule has 0 unspecified atom stereocenters. The number of anilines is 1. The van der Waals surface area contributed by atoms with E-state index in [-0.39, 0.29) is 16.7 Å². The molecule has 1 aromatic heterocycles. The number of nitrogens with zero attached hydrogens (tertiary/aromatic N) is 1. The summed E-state index contributed by atoms with van der Waals surface area (Å²) in [6.45, 7) is 0.207. The lowest BCUT2D eigenvalue weighted by Crippen LogP contribution is -2.30. The lowest BCUT2D eigenvalue weighted by molar-refractivity contribution is -0.123. The first-order valence-corrected chi connectivity index (χ1v) is 12.0. The number of ether oxygens (including phenoxy) is 1. The molecule has 3 aromatic rings. The highest BCUT2D eigenvalue weighted by Crippen LogP contribution is 2.26. The summed E-state index contributed by atoms with van der Waals surface area (Å²) in [4.78, 5) is 23.2. The van der Waals surface area contributed by atoms with Gasteiger partial charge in [0.25, 0.3) is 15.9 Å². The first kappa shape index (κ1) is 23.3. The minimum absolute atomic E-state index is 0.177. The molecule has 1 heterocycles. The normalized spacial score (nSPS) is 11.0. The summed E-state index contributed by atoms with van der Waals surface area (Å²) in [6, 6.07) is 16.6. The number of thiophene rings is 1. The van der Waals surface area contributed by atoms with Gasteiger partial charge in [-0.2, -0.15) is 0 Å². The second-order valence-electron chi connectivity index (χ2n) is 6.85. The van der Waals surface area contributed by atoms with Crippen LogP contribution in [0.5, 0.6) is 5.75 Å². The van der Waals surface area contributed by atoms with Crippen molar-refractivity contribution in [2.75, 3.05) is 24.5 Å². The minimum Gasteiger partial charge on any atom is -0.484 e. The minimum atomic E-state index is -3.61. The van der Waals surface area contributed by atoms with E-state index in [0.717, 1.165) is 16.9 Å². The van der Waals surface area contributed by atoms with Gasteiger partial charge in [-0.3, -0.25) is 13.9 Å². The molecule has 2 aromatic carbocycles. The van der Waals surface area contributed by atoms with Gasteiger partial charge in [0.05, 0.1) is 5.69 Å². The van der Waals surface area contributed by atoms with Crippen LogP contribution in [0.1, 0.15) is 15.9 Å². The Morgan fingerprint density at radius 2 is 1.84 bits per heavy atom. The van der Waals surface area contributed by atoms with Gasteiger partial charge in [-0.25, -0.2) is 8.42 Å². The average Bonchev–Trinajstić information content (AvgIpc) is 3.34. The fraction of sp³-hybridized carbons (Fsp3) is 0.182. The van der Waals surface area contributed by atoms with Crippen LogP contribution in [0.4, 0.5) is 5.69 Å². The highest BCUT2D eigenvalue weighted by atomic mass is 32.2. The Morgan fingerprint density at radius 1 is 1.09 bits per heavy atom. The number of amides is 2. The molecular weight excluding hydrogens is 450 g/mol. The number of hydrogen-bond acceptors (Lipinski definition) is 6. The number of sulfonamides is 1. The van der Waals surface area contributed by atoms with Crippen molar-refractivity contribution in [3.8, 4) is 5.75 Å². The zero-order valence-electron chi connectivity index (χ0n) is 17.4. The second kappa shape index (κ2) is 10.3. The lowest BCUT2D eigenvalue weighted by Gasteiger charge is -2.18. The molecule has 0 saturated carbocycles. The van der Waals surface area contributed by atoms with Crippen LogP contribution < -0.4 is 20.1 Å². The maximum absolute atomic E-state index is 12.6. The van der Waals surface area contributed by atoms with Crippen molar-refractivity contribution in [3.63, 3.8) is 0 Å². The summed E-state index contributed by atoms with van der Waals surface area (Å²) in [5.41, 5.74) is 7.06. The first-order chi connectivity index (χ1) is 15.3. The van der Waals surface area contributed by atoms with E-state index in [0.29, 0.717) is 30.0 Å². The molecule has 0 aliphatic carbocycles. The number of carbonyl (C=O) groups excluding carboxylic acids is 2. The molecule has 0 bridgehead atoms. The van der Waals surface area contributed by atoms with Gasteiger partial charge in [0.1, 0.15) is 9.96 Å². The van der Waals surface area contributed by atoms with Crippen LogP contribution in [0.3, 0.4) is 0 Å². The molecule has 0 radical (unpaired) electrons. The first-order valence-electron chi connectivity index (χ1n) is 9.68. The molecule has 32 heavy (non-hydrogen) atoms. The van der Waals surface area contributed by atoms with Crippen LogP contribution in [0.2, 0.25) is 0 Å². The molecule has 168 valence electrons. The quantitative estimate of drug-likeness (QED) is 0.469. The molecule has 0 aliphatic heterocycles. The number of benzene rings is 2. The molecule has 3 N–H and O–H groups in total. The van der Waals surface area contributed by atoms with E-state index >= 15 is 0 Å². The Balaban J connectivity index is 1.47. The molecule has 10 heteroatoms. The van der Waals surface area contributed by atoms with E-state index in [2.05, 4.69) is 5.32 Å². The molecule has 8 nitrogen and oxygen atoms in total. The summed E-state index contributed by atoms with van der Waals surface area (Å²) >= 11 is 1.15. The number of carbonyl (C=O) groups is 2. The fourth-order valence-corrected chi connectivity index (χ4v) is 5.22. The predicted molar refractivity (Wildman–Crippen MR) is 124 cm³/mol. The Morgan fingerprint density at radius 3 is 2.50 bits per heavy atom. The predicted octanol–water partition coefficient (Wildman–Crippen LogP) is 2.41. The van der Waals surface area contributed by atoms with Gasteiger partial charge in [0.15, 0.2) is 6.61 Å².